The van der Waals surface area contributed by atoms with Crippen LogP contribution in [0.1, 0.15) is 13.8 Å². The Hall–Kier alpha value is 1.28. The average Bonchev–Trinajstić information content (AvgIpc) is 1.60. The molecule has 0 saturated carbocycles. The van der Waals surface area contributed by atoms with Crippen LogP contribution in [0, 0.1) is 0 Å². The molecule has 0 nitrogen and oxygen atoms in total. The Kier molecular flexibility index (Phi) is 4.90. The van der Waals surface area contributed by atoms with Crippen LogP contribution in [0.3, 0.4) is 0 Å². The van der Waals surface area contributed by atoms with Crippen LogP contribution in [0.4, 0.5) is 0 Å². The third-order valence-electron chi connectivity index (χ3n) is 0.928. The van der Waals surface area contributed by atoms with Gasteiger partial charge in [-0.1, -0.05) is 55.1 Å². The summed E-state index contributed by atoms with van der Waals surface area (Å²) in [6.45, 7) is 4.05. The maximum Gasteiger partial charge on any atom is 0.104 e. The molecule has 60 valence electrons. The molecule has 4 heteroatoms. The lowest BCUT2D eigenvalue weighted by Crippen LogP contribution is -2.21. The number of allylic oxidation sites excluding steroid dienone is 1. The van der Waals surface area contributed by atoms with E-state index in [9.17, 15) is 0 Å². The number of hydrogen-bond donors (Lipinski definition) is 0. The van der Waals surface area contributed by atoms with Gasteiger partial charge in [-0.05, 0) is 19.9 Å². The van der Waals surface area contributed by atoms with Crippen LogP contribution < -0.4 is 0 Å². The van der Waals surface area contributed by atoms with Gasteiger partial charge < -0.3 is 0 Å². The minimum atomic E-state index is -0.0258. The molecule has 0 bridgehead atoms. The summed E-state index contributed by atoms with van der Waals surface area (Å²) < 4.78 is 0.261. The third-order valence-corrected chi connectivity index (χ3v) is 3.70. The van der Waals surface area contributed by atoms with E-state index in [0.29, 0.717) is 0 Å². The van der Waals surface area contributed by atoms with Gasteiger partial charge in [0.25, 0.3) is 0 Å². The van der Waals surface area contributed by atoms with Crippen molar-refractivity contribution in [2.24, 2.45) is 0 Å². The summed E-state index contributed by atoms with van der Waals surface area (Å²) in [4.78, 5) is 0.144. The lowest BCUT2D eigenvalue weighted by molar-refractivity contribution is 0.767. The van der Waals surface area contributed by atoms with Gasteiger partial charge in [0.1, 0.15) is 4.49 Å². The first-order valence-electron chi connectivity index (χ1n) is 2.70. The topological polar surface area (TPSA) is 0 Å². The van der Waals surface area contributed by atoms with E-state index in [-0.39, 0.29) is 13.6 Å². The summed E-state index contributed by atoms with van der Waals surface area (Å²) in [5.74, 6) is 0. The zero-order valence-corrected chi connectivity index (χ0v) is 10.4. The van der Waals surface area contributed by atoms with Gasteiger partial charge in [0.05, 0.1) is 0 Å². The van der Waals surface area contributed by atoms with Crippen LogP contribution in [0.2, 0.25) is 0 Å². The van der Waals surface area contributed by atoms with E-state index in [1.54, 1.807) is 6.08 Å². The Morgan fingerprint density at radius 2 is 1.90 bits per heavy atom. The summed E-state index contributed by atoms with van der Waals surface area (Å²) in [5.41, 5.74) is 0. The van der Waals surface area contributed by atoms with Crippen molar-refractivity contribution >= 4 is 55.1 Å². The largest absolute Gasteiger partial charge is 0.104 e. The summed E-state index contributed by atoms with van der Waals surface area (Å²) in [6.07, 6.45) is 1.73. The highest BCUT2D eigenvalue weighted by molar-refractivity contribution is 9.12. The molecule has 0 fully saturated rings. The van der Waals surface area contributed by atoms with E-state index in [4.69, 9.17) is 23.2 Å². The second-order valence-electron chi connectivity index (χ2n) is 2.42. The Morgan fingerprint density at radius 1 is 1.50 bits per heavy atom. The fourth-order valence-corrected chi connectivity index (χ4v) is 1.26. The van der Waals surface area contributed by atoms with Gasteiger partial charge in [0, 0.05) is 9.15 Å². The monoisotopic (exact) mass is 308 g/mol. The molecule has 0 heterocycles. The lowest BCUT2D eigenvalue weighted by atomic mass is 10.1. The minimum Gasteiger partial charge on any atom is -0.0844 e. The standard InChI is InChI=1S/C6H8Br2Cl2/c1-6(2,8)4(7)3-5(9)10/h3-4H,1-2H3. The molecule has 0 aliphatic heterocycles. The van der Waals surface area contributed by atoms with Crippen molar-refractivity contribution < 1.29 is 0 Å². The zero-order chi connectivity index (χ0) is 8.36. The molecule has 0 aromatic carbocycles. The van der Waals surface area contributed by atoms with E-state index < -0.39 is 0 Å². The smallest absolute Gasteiger partial charge is 0.0844 e. The van der Waals surface area contributed by atoms with Gasteiger partial charge in [-0.3, -0.25) is 0 Å². The van der Waals surface area contributed by atoms with Gasteiger partial charge in [-0.15, -0.1) is 0 Å². The first kappa shape index (κ1) is 11.3. The van der Waals surface area contributed by atoms with Crippen LogP contribution in [-0.2, 0) is 0 Å². The summed E-state index contributed by atoms with van der Waals surface area (Å²) in [7, 11) is 0. The molecule has 1 atom stereocenters. The molecule has 0 aliphatic rings. The molecule has 0 saturated heterocycles. The minimum absolute atomic E-state index is 0.0258. The van der Waals surface area contributed by atoms with Crippen molar-refractivity contribution in [1.29, 1.82) is 0 Å². The quantitative estimate of drug-likeness (QED) is 0.669. The van der Waals surface area contributed by atoms with Crippen LogP contribution in [0.5, 0.6) is 0 Å². The van der Waals surface area contributed by atoms with E-state index in [0.717, 1.165) is 0 Å². The van der Waals surface area contributed by atoms with Crippen molar-refractivity contribution in [3.8, 4) is 0 Å². The fraction of sp³-hybridized carbons (Fsp3) is 0.667. The van der Waals surface area contributed by atoms with Gasteiger partial charge in [0.2, 0.25) is 0 Å². The highest BCUT2D eigenvalue weighted by atomic mass is 79.9. The highest BCUT2D eigenvalue weighted by Gasteiger charge is 2.21. The normalized spacial score (nSPS) is 14.6. The molecule has 0 aromatic heterocycles. The van der Waals surface area contributed by atoms with Crippen LogP contribution in [0.25, 0.3) is 0 Å². The third kappa shape index (κ3) is 5.00. The molecule has 0 amide bonds. The molecule has 0 aromatic rings. The van der Waals surface area contributed by atoms with Crippen LogP contribution >= 0.6 is 55.1 Å². The maximum absolute atomic E-state index is 5.45. The second-order valence-corrected chi connectivity index (χ2v) is 6.46. The number of alkyl halides is 2. The Morgan fingerprint density at radius 3 is 2.00 bits per heavy atom. The van der Waals surface area contributed by atoms with Crippen molar-refractivity contribution in [3.63, 3.8) is 0 Å². The molecule has 0 rings (SSSR count). The number of rotatable bonds is 2. The average molecular weight is 311 g/mol. The maximum atomic E-state index is 5.45. The van der Waals surface area contributed by atoms with Crippen molar-refractivity contribution in [3.05, 3.63) is 10.6 Å². The predicted octanol–water partition coefficient (Wildman–Crippen LogP) is 4.24. The van der Waals surface area contributed by atoms with Gasteiger partial charge >= 0.3 is 0 Å². The SMILES string of the molecule is CC(C)(Br)C(Br)C=C(Cl)Cl. The first-order valence-corrected chi connectivity index (χ1v) is 5.16. The van der Waals surface area contributed by atoms with Crippen LogP contribution in [-0.4, -0.2) is 9.15 Å². The molecule has 0 radical (unpaired) electrons. The Balaban J connectivity index is 4.11. The molecule has 1 unspecified atom stereocenters. The van der Waals surface area contributed by atoms with Crippen molar-refractivity contribution in [2.45, 2.75) is 23.0 Å². The van der Waals surface area contributed by atoms with Crippen molar-refractivity contribution in [2.75, 3.05) is 0 Å². The summed E-state index contributed by atoms with van der Waals surface area (Å²) in [6, 6.07) is 0. The number of hydrogen-bond acceptors (Lipinski definition) is 0. The summed E-state index contributed by atoms with van der Waals surface area (Å²) in [5, 5.41) is 0. The Bertz CT molecular complexity index is 133. The van der Waals surface area contributed by atoms with E-state index >= 15 is 0 Å². The Labute approximate surface area is 88.2 Å². The second kappa shape index (κ2) is 4.34. The van der Waals surface area contributed by atoms with Gasteiger partial charge in [-0.25, -0.2) is 0 Å². The van der Waals surface area contributed by atoms with Crippen LogP contribution in [0.15, 0.2) is 10.6 Å². The van der Waals surface area contributed by atoms with E-state index in [2.05, 4.69) is 31.9 Å². The first-order chi connectivity index (χ1) is 4.34. The highest BCUT2D eigenvalue weighted by Crippen LogP contribution is 2.29. The van der Waals surface area contributed by atoms with E-state index in [1.807, 2.05) is 13.8 Å². The molecular formula is C6H8Br2Cl2. The molecular weight excluding hydrogens is 303 g/mol. The summed E-state index contributed by atoms with van der Waals surface area (Å²) >= 11 is 17.8. The molecule has 0 spiro atoms. The van der Waals surface area contributed by atoms with Gasteiger partial charge in [0.15, 0.2) is 0 Å². The fourth-order valence-electron chi connectivity index (χ4n) is 0.309. The van der Waals surface area contributed by atoms with E-state index in [1.165, 1.54) is 0 Å². The molecule has 0 aliphatic carbocycles. The number of halogens is 4. The zero-order valence-electron chi connectivity index (χ0n) is 5.67. The molecule has 10 heavy (non-hydrogen) atoms. The lowest BCUT2D eigenvalue weighted by Gasteiger charge is -2.19. The van der Waals surface area contributed by atoms with Crippen molar-refractivity contribution in [1.82, 2.24) is 0 Å². The predicted molar refractivity (Wildman–Crippen MR) is 55.5 cm³/mol. The molecule has 0 N–H and O–H groups in total. The van der Waals surface area contributed by atoms with Gasteiger partial charge in [-0.2, -0.15) is 0 Å².